The Morgan fingerprint density at radius 3 is 1.68 bits per heavy atom. The van der Waals surface area contributed by atoms with E-state index in [0.717, 1.165) is 12.8 Å². The molecule has 0 heterocycles. The van der Waals surface area contributed by atoms with E-state index in [-0.39, 0.29) is 29.0 Å². The molecule has 0 aromatic carbocycles. The van der Waals surface area contributed by atoms with Gasteiger partial charge in [0.05, 0.1) is 6.61 Å². The average Bonchev–Trinajstić information content (AvgIpc) is 2.41. The van der Waals surface area contributed by atoms with Gasteiger partial charge < -0.3 is 9.84 Å². The van der Waals surface area contributed by atoms with Crippen LogP contribution in [0, 0.1) is 10.8 Å². The molecule has 4 nitrogen and oxygen atoms in total. The van der Waals surface area contributed by atoms with E-state index in [4.69, 9.17) is 9.84 Å². The van der Waals surface area contributed by atoms with E-state index in [1.165, 1.54) is 0 Å². The van der Waals surface area contributed by atoms with Crippen molar-refractivity contribution in [2.24, 2.45) is 10.8 Å². The highest BCUT2D eigenvalue weighted by Crippen LogP contribution is 2.27. The zero-order chi connectivity index (χ0) is 17.2. The smallest absolute Gasteiger partial charge is 0.133 e. The maximum atomic E-state index is 11.9. The number of aliphatic hydroxyl groups excluding tert-OH is 1. The van der Waals surface area contributed by atoms with Crippen molar-refractivity contribution in [2.75, 3.05) is 20.3 Å². The molecule has 0 aliphatic heterocycles. The monoisotopic (exact) mass is 314 g/mol. The number of carbonyl (C=O) groups is 2. The lowest BCUT2D eigenvalue weighted by atomic mass is 9.83. The van der Waals surface area contributed by atoms with E-state index in [1.54, 1.807) is 7.11 Å². The Labute approximate surface area is 135 Å². The minimum Gasteiger partial charge on any atom is -0.396 e. The lowest BCUT2D eigenvalue weighted by Crippen LogP contribution is -2.20. The van der Waals surface area contributed by atoms with E-state index >= 15 is 0 Å². The quantitative estimate of drug-likeness (QED) is 0.565. The van der Waals surface area contributed by atoms with Crippen molar-refractivity contribution in [3.63, 3.8) is 0 Å². The van der Waals surface area contributed by atoms with Crippen LogP contribution in [0.15, 0.2) is 0 Å². The fraction of sp³-hybridized carbons (Fsp3) is 0.889. The third-order valence-corrected chi connectivity index (χ3v) is 4.17. The summed E-state index contributed by atoms with van der Waals surface area (Å²) in [6.07, 6.45) is 3.96. The van der Waals surface area contributed by atoms with Gasteiger partial charge in [-0.15, -0.1) is 0 Å². The van der Waals surface area contributed by atoms with Gasteiger partial charge in [-0.2, -0.15) is 0 Å². The highest BCUT2D eigenvalue weighted by molar-refractivity contribution is 5.85. The van der Waals surface area contributed by atoms with Crippen LogP contribution in [0.25, 0.3) is 0 Å². The van der Waals surface area contributed by atoms with Crippen LogP contribution in [-0.2, 0) is 14.3 Å². The summed E-state index contributed by atoms with van der Waals surface area (Å²) in [6.45, 7) is 9.06. The van der Waals surface area contributed by atoms with Crippen LogP contribution in [0.1, 0.15) is 72.6 Å². The maximum Gasteiger partial charge on any atom is 0.133 e. The topological polar surface area (TPSA) is 63.6 Å². The normalized spacial score (nSPS) is 12.5. The fourth-order valence-corrected chi connectivity index (χ4v) is 2.38. The van der Waals surface area contributed by atoms with E-state index in [1.807, 2.05) is 0 Å². The summed E-state index contributed by atoms with van der Waals surface area (Å²) in [6, 6.07) is 0. The molecule has 0 aliphatic carbocycles. The minimum absolute atomic E-state index is 0.00272. The molecule has 1 N–H and O–H groups in total. The average molecular weight is 314 g/mol. The molecule has 130 valence electrons. The third-order valence-electron chi connectivity index (χ3n) is 4.17. The summed E-state index contributed by atoms with van der Waals surface area (Å²) < 4.78 is 5.14. The first kappa shape index (κ1) is 21.3. The number of methoxy groups -OCH3 is 1. The van der Waals surface area contributed by atoms with Crippen molar-refractivity contribution < 1.29 is 19.4 Å². The summed E-state index contributed by atoms with van der Waals surface area (Å²) >= 11 is 0. The van der Waals surface area contributed by atoms with Gasteiger partial charge in [0.2, 0.25) is 0 Å². The van der Waals surface area contributed by atoms with Crippen LogP contribution in [0.5, 0.6) is 0 Å². The number of carbonyl (C=O) groups excluding carboxylic acids is 2. The van der Waals surface area contributed by atoms with Crippen LogP contribution < -0.4 is 0 Å². The van der Waals surface area contributed by atoms with Crippen molar-refractivity contribution in [1.29, 1.82) is 0 Å². The van der Waals surface area contributed by atoms with Crippen molar-refractivity contribution in [2.45, 2.75) is 72.6 Å². The predicted octanol–water partition coefficient (Wildman–Crippen LogP) is 3.55. The number of aliphatic hydroxyl groups is 1. The minimum atomic E-state index is -0.0153. The van der Waals surface area contributed by atoms with Gasteiger partial charge in [-0.3, -0.25) is 9.59 Å². The standard InChI is InChI=1S/C18H34O4/c1-17(2,12-13-19)10-8-15(20)6-7-16(21)9-11-18(3,4)14-22-5/h19H,6-14H2,1-5H3. The Morgan fingerprint density at radius 1 is 0.818 bits per heavy atom. The van der Waals surface area contributed by atoms with Crippen molar-refractivity contribution in [3.05, 3.63) is 0 Å². The molecule has 0 aromatic rings. The first-order valence-electron chi connectivity index (χ1n) is 8.25. The molecule has 22 heavy (non-hydrogen) atoms. The SMILES string of the molecule is COCC(C)(C)CCC(=O)CCC(=O)CCC(C)(C)CCO. The number of rotatable bonds is 13. The molecule has 0 aliphatic rings. The Morgan fingerprint density at radius 2 is 1.27 bits per heavy atom. The van der Waals surface area contributed by atoms with Gasteiger partial charge in [0.25, 0.3) is 0 Å². The Kier molecular flexibility index (Phi) is 9.77. The molecule has 0 rings (SSSR count). The summed E-state index contributed by atoms with van der Waals surface area (Å²) in [5, 5.41) is 8.97. The molecule has 0 aromatic heterocycles. The van der Waals surface area contributed by atoms with Crippen molar-refractivity contribution in [3.8, 4) is 0 Å². The van der Waals surface area contributed by atoms with Gasteiger partial charge in [-0.25, -0.2) is 0 Å². The number of ether oxygens (including phenoxy) is 1. The Balaban J connectivity index is 3.93. The molecule has 0 saturated heterocycles. The molecule has 0 saturated carbocycles. The summed E-state index contributed by atoms with van der Waals surface area (Å²) in [5.41, 5.74) is -0.0126. The molecular weight excluding hydrogens is 280 g/mol. The first-order chi connectivity index (χ1) is 10.1. The van der Waals surface area contributed by atoms with Crippen LogP contribution in [0.2, 0.25) is 0 Å². The summed E-state index contributed by atoms with van der Waals surface area (Å²) in [5.74, 6) is 0.308. The molecule has 0 radical (unpaired) electrons. The molecule has 0 fully saturated rings. The highest BCUT2D eigenvalue weighted by atomic mass is 16.5. The molecule has 0 amide bonds. The highest BCUT2D eigenvalue weighted by Gasteiger charge is 2.21. The number of Topliss-reactive ketones (excluding diaryl/α,β-unsaturated/α-hetero) is 2. The van der Waals surface area contributed by atoms with Crippen molar-refractivity contribution in [1.82, 2.24) is 0 Å². The van der Waals surface area contributed by atoms with Crippen LogP contribution >= 0.6 is 0 Å². The fourth-order valence-electron chi connectivity index (χ4n) is 2.38. The first-order valence-corrected chi connectivity index (χ1v) is 8.25. The molecule has 4 heteroatoms. The number of hydrogen-bond donors (Lipinski definition) is 1. The summed E-state index contributed by atoms with van der Waals surface area (Å²) in [7, 11) is 1.67. The van der Waals surface area contributed by atoms with E-state index < -0.39 is 0 Å². The van der Waals surface area contributed by atoms with Gasteiger partial charge >= 0.3 is 0 Å². The van der Waals surface area contributed by atoms with Gasteiger partial charge in [0.1, 0.15) is 11.6 Å². The maximum absolute atomic E-state index is 11.9. The van der Waals surface area contributed by atoms with E-state index in [9.17, 15) is 9.59 Å². The Hall–Kier alpha value is -0.740. The second kappa shape index (κ2) is 10.1. The van der Waals surface area contributed by atoms with Crippen LogP contribution in [-0.4, -0.2) is 37.0 Å². The van der Waals surface area contributed by atoms with E-state index in [0.29, 0.717) is 38.7 Å². The lowest BCUT2D eigenvalue weighted by molar-refractivity contribution is -0.124. The molecular formula is C18H34O4. The van der Waals surface area contributed by atoms with Gasteiger partial charge in [-0.05, 0) is 30.1 Å². The number of ketones is 2. The van der Waals surface area contributed by atoms with Gasteiger partial charge in [0.15, 0.2) is 0 Å². The van der Waals surface area contributed by atoms with Gasteiger partial charge in [-0.1, -0.05) is 27.7 Å². The molecule has 0 spiro atoms. The Bertz CT molecular complexity index is 311. The lowest BCUT2D eigenvalue weighted by Gasteiger charge is -2.23. The second-order valence-electron chi connectivity index (χ2n) is 7.81. The van der Waals surface area contributed by atoms with Crippen LogP contribution in [0.4, 0.5) is 0 Å². The third kappa shape index (κ3) is 10.9. The van der Waals surface area contributed by atoms with Crippen molar-refractivity contribution >= 4 is 11.6 Å². The predicted molar refractivity (Wildman–Crippen MR) is 88.9 cm³/mol. The molecule has 0 bridgehead atoms. The largest absolute Gasteiger partial charge is 0.396 e. The van der Waals surface area contributed by atoms with E-state index in [2.05, 4.69) is 27.7 Å². The van der Waals surface area contributed by atoms with Crippen LogP contribution in [0.3, 0.4) is 0 Å². The zero-order valence-corrected chi connectivity index (χ0v) is 15.0. The summed E-state index contributed by atoms with van der Waals surface area (Å²) in [4.78, 5) is 23.7. The number of hydrogen-bond acceptors (Lipinski definition) is 4. The molecule has 0 atom stereocenters. The second-order valence-corrected chi connectivity index (χ2v) is 7.81. The van der Waals surface area contributed by atoms with Gasteiger partial charge in [0, 0.05) is 39.4 Å². The zero-order valence-electron chi connectivity index (χ0n) is 15.0. The molecule has 0 unspecified atom stereocenters.